The Bertz CT molecular complexity index is 423. The van der Waals surface area contributed by atoms with Crippen molar-refractivity contribution in [1.82, 2.24) is 5.32 Å². The van der Waals surface area contributed by atoms with Crippen LogP contribution < -0.4 is 5.32 Å². The molecule has 0 aromatic heterocycles. The van der Waals surface area contributed by atoms with Gasteiger partial charge in [-0.05, 0) is 32.0 Å². The number of carbonyl (C=O) groups is 1. The zero-order chi connectivity index (χ0) is 13.1. The largest absolute Gasteiger partial charge is 0.480 e. The molecule has 1 atom stereocenters. The fraction of sp³-hybridized carbons (Fsp3) is 0.417. The molecule has 1 rings (SSSR count). The van der Waals surface area contributed by atoms with Gasteiger partial charge in [0.1, 0.15) is 5.54 Å². The van der Waals surface area contributed by atoms with Crippen LogP contribution in [0.2, 0.25) is 10.0 Å². The maximum atomic E-state index is 11.4. The van der Waals surface area contributed by atoms with Crippen LogP contribution in [0.3, 0.4) is 0 Å². The summed E-state index contributed by atoms with van der Waals surface area (Å²) in [6.07, 6.45) is 0.841. The molecule has 0 fully saturated rings. The molecule has 0 aliphatic rings. The van der Waals surface area contributed by atoms with Gasteiger partial charge < -0.3 is 5.11 Å². The number of nitrogens with one attached hydrogen (secondary N) is 1. The summed E-state index contributed by atoms with van der Waals surface area (Å²) in [5, 5.41) is 13.2. The average molecular weight is 276 g/mol. The van der Waals surface area contributed by atoms with Crippen LogP contribution in [0.4, 0.5) is 0 Å². The Balaban J connectivity index is 3.17. The van der Waals surface area contributed by atoms with Gasteiger partial charge in [-0.2, -0.15) is 0 Å². The third kappa shape index (κ3) is 3.12. The average Bonchev–Trinajstić information content (AvgIpc) is 2.25. The SMILES string of the molecule is CCCNC(C)(C(=O)O)c1ccc(Cl)cc1Cl. The first-order chi connectivity index (χ1) is 7.91. The standard InChI is InChI=1S/C12H15Cl2NO2/c1-3-6-15-12(2,11(16)17)9-5-4-8(13)7-10(9)14/h4-5,7,15H,3,6H2,1-2H3,(H,16,17). The molecule has 0 radical (unpaired) electrons. The second-order valence-electron chi connectivity index (χ2n) is 3.98. The summed E-state index contributed by atoms with van der Waals surface area (Å²) in [5.41, 5.74) is -0.679. The van der Waals surface area contributed by atoms with Gasteiger partial charge >= 0.3 is 5.97 Å². The first-order valence-corrected chi connectivity index (χ1v) is 6.11. The fourth-order valence-electron chi connectivity index (χ4n) is 1.56. The first-order valence-electron chi connectivity index (χ1n) is 5.35. The topological polar surface area (TPSA) is 49.3 Å². The van der Waals surface area contributed by atoms with E-state index in [4.69, 9.17) is 23.2 Å². The van der Waals surface area contributed by atoms with Crippen molar-refractivity contribution in [1.29, 1.82) is 0 Å². The summed E-state index contributed by atoms with van der Waals surface area (Å²) >= 11 is 11.8. The lowest BCUT2D eigenvalue weighted by Crippen LogP contribution is -2.47. The van der Waals surface area contributed by atoms with Crippen LogP contribution in [0, 0.1) is 0 Å². The molecule has 0 saturated heterocycles. The smallest absolute Gasteiger partial charge is 0.328 e. The Morgan fingerprint density at radius 3 is 2.59 bits per heavy atom. The van der Waals surface area contributed by atoms with E-state index in [1.54, 1.807) is 25.1 Å². The van der Waals surface area contributed by atoms with Crippen LogP contribution in [0.25, 0.3) is 0 Å². The zero-order valence-electron chi connectivity index (χ0n) is 9.76. The van der Waals surface area contributed by atoms with E-state index in [1.807, 2.05) is 6.92 Å². The number of benzene rings is 1. The van der Waals surface area contributed by atoms with Gasteiger partial charge in [0.25, 0.3) is 0 Å². The quantitative estimate of drug-likeness (QED) is 0.867. The summed E-state index contributed by atoms with van der Waals surface area (Å²) in [6, 6.07) is 4.83. The van der Waals surface area contributed by atoms with E-state index in [9.17, 15) is 9.90 Å². The number of carboxylic acids is 1. The van der Waals surface area contributed by atoms with Gasteiger partial charge in [0.15, 0.2) is 0 Å². The van der Waals surface area contributed by atoms with Gasteiger partial charge in [-0.3, -0.25) is 5.32 Å². The van der Waals surface area contributed by atoms with Gasteiger partial charge in [-0.1, -0.05) is 36.2 Å². The van der Waals surface area contributed by atoms with Crippen molar-refractivity contribution in [2.45, 2.75) is 25.8 Å². The van der Waals surface area contributed by atoms with E-state index in [0.29, 0.717) is 22.2 Å². The number of halogens is 2. The van der Waals surface area contributed by atoms with Crippen molar-refractivity contribution in [3.8, 4) is 0 Å². The summed E-state index contributed by atoms with van der Waals surface area (Å²) in [4.78, 5) is 11.4. The van der Waals surface area contributed by atoms with Crippen molar-refractivity contribution >= 4 is 29.2 Å². The normalized spacial score (nSPS) is 14.4. The van der Waals surface area contributed by atoms with Crippen molar-refractivity contribution in [2.24, 2.45) is 0 Å². The van der Waals surface area contributed by atoms with Crippen LogP contribution in [0.15, 0.2) is 18.2 Å². The van der Waals surface area contributed by atoms with Crippen LogP contribution in [-0.2, 0) is 10.3 Å². The highest BCUT2D eigenvalue weighted by atomic mass is 35.5. The number of rotatable bonds is 5. The molecule has 0 spiro atoms. The molecule has 0 saturated carbocycles. The van der Waals surface area contributed by atoms with E-state index in [-0.39, 0.29) is 0 Å². The molecule has 3 nitrogen and oxygen atoms in total. The molecule has 0 aliphatic heterocycles. The highest BCUT2D eigenvalue weighted by Crippen LogP contribution is 2.30. The Hall–Kier alpha value is -0.770. The number of hydrogen-bond donors (Lipinski definition) is 2. The minimum atomic E-state index is -1.20. The monoisotopic (exact) mass is 275 g/mol. The van der Waals surface area contributed by atoms with Crippen molar-refractivity contribution in [3.63, 3.8) is 0 Å². The molecule has 1 aromatic rings. The van der Waals surface area contributed by atoms with E-state index in [2.05, 4.69) is 5.32 Å². The number of aliphatic carboxylic acids is 1. The molecule has 94 valence electrons. The van der Waals surface area contributed by atoms with E-state index < -0.39 is 11.5 Å². The molecule has 5 heteroatoms. The lowest BCUT2D eigenvalue weighted by molar-refractivity contribution is -0.144. The van der Waals surface area contributed by atoms with E-state index in [1.165, 1.54) is 0 Å². The van der Waals surface area contributed by atoms with E-state index in [0.717, 1.165) is 6.42 Å². The zero-order valence-corrected chi connectivity index (χ0v) is 11.3. The summed E-state index contributed by atoms with van der Waals surface area (Å²) in [7, 11) is 0. The Kier molecular flexibility index (Phi) is 4.80. The van der Waals surface area contributed by atoms with Crippen molar-refractivity contribution in [2.75, 3.05) is 6.54 Å². The third-order valence-corrected chi connectivity index (χ3v) is 3.17. The van der Waals surface area contributed by atoms with Gasteiger partial charge in [-0.25, -0.2) is 4.79 Å². The van der Waals surface area contributed by atoms with Crippen LogP contribution in [0.1, 0.15) is 25.8 Å². The lowest BCUT2D eigenvalue weighted by Gasteiger charge is -2.27. The number of carboxylic acid groups (broad SMARTS) is 1. The van der Waals surface area contributed by atoms with Gasteiger partial charge in [0, 0.05) is 15.6 Å². The molecular weight excluding hydrogens is 261 g/mol. The molecular formula is C12H15Cl2NO2. The van der Waals surface area contributed by atoms with E-state index >= 15 is 0 Å². The van der Waals surface area contributed by atoms with Gasteiger partial charge in [-0.15, -0.1) is 0 Å². The number of hydrogen-bond acceptors (Lipinski definition) is 2. The second kappa shape index (κ2) is 5.71. The molecule has 0 bridgehead atoms. The highest BCUT2D eigenvalue weighted by molar-refractivity contribution is 6.35. The molecule has 0 amide bonds. The summed E-state index contributed by atoms with van der Waals surface area (Å²) in [5.74, 6) is -0.963. The maximum absolute atomic E-state index is 11.4. The Labute approximate surface area is 111 Å². The summed E-state index contributed by atoms with van der Waals surface area (Å²) in [6.45, 7) is 4.17. The lowest BCUT2D eigenvalue weighted by atomic mass is 9.92. The summed E-state index contributed by atoms with van der Waals surface area (Å²) < 4.78 is 0. The van der Waals surface area contributed by atoms with Gasteiger partial charge in [0.05, 0.1) is 0 Å². The second-order valence-corrected chi connectivity index (χ2v) is 4.82. The molecule has 17 heavy (non-hydrogen) atoms. The Morgan fingerprint density at radius 1 is 1.47 bits per heavy atom. The van der Waals surface area contributed by atoms with Gasteiger partial charge in [0.2, 0.25) is 0 Å². The van der Waals surface area contributed by atoms with Crippen LogP contribution in [-0.4, -0.2) is 17.6 Å². The van der Waals surface area contributed by atoms with Crippen LogP contribution >= 0.6 is 23.2 Å². The maximum Gasteiger partial charge on any atom is 0.328 e. The first kappa shape index (κ1) is 14.3. The molecule has 1 aromatic carbocycles. The predicted molar refractivity (Wildman–Crippen MR) is 69.7 cm³/mol. The molecule has 0 aliphatic carbocycles. The highest BCUT2D eigenvalue weighted by Gasteiger charge is 2.36. The molecule has 1 unspecified atom stereocenters. The van der Waals surface area contributed by atoms with Crippen molar-refractivity contribution in [3.05, 3.63) is 33.8 Å². The predicted octanol–water partition coefficient (Wildman–Crippen LogP) is 3.29. The third-order valence-electron chi connectivity index (χ3n) is 2.63. The minimum absolute atomic E-state index is 0.353. The van der Waals surface area contributed by atoms with Crippen LogP contribution in [0.5, 0.6) is 0 Å². The minimum Gasteiger partial charge on any atom is -0.480 e. The molecule has 2 N–H and O–H groups in total. The molecule has 0 heterocycles. The van der Waals surface area contributed by atoms with Crippen molar-refractivity contribution < 1.29 is 9.90 Å². The fourth-order valence-corrected chi connectivity index (χ4v) is 2.15. The Morgan fingerprint density at radius 2 is 2.12 bits per heavy atom.